The number of allylic oxidation sites excluding steroid dienone is 3. The smallest absolute Gasteiger partial charge is 0.235 e. The van der Waals surface area contributed by atoms with E-state index in [4.69, 9.17) is 15.0 Å². The van der Waals surface area contributed by atoms with Crippen LogP contribution in [0.15, 0.2) is 163 Å². The molecule has 268 valence electrons. The van der Waals surface area contributed by atoms with E-state index in [-0.39, 0.29) is 6.29 Å². The second kappa shape index (κ2) is 13.4. The third-order valence-corrected chi connectivity index (χ3v) is 11.3. The molecule has 56 heavy (non-hydrogen) atoms. The summed E-state index contributed by atoms with van der Waals surface area (Å²) in [6, 6.07) is 48.7. The zero-order chi connectivity index (χ0) is 37.0. The maximum absolute atomic E-state index is 5.45. The second-order valence-electron chi connectivity index (χ2n) is 14.7. The molecule has 0 fully saturated rings. The Hall–Kier alpha value is -7.05. The highest BCUT2D eigenvalue weighted by Gasteiger charge is 2.30. The number of hydrogen-bond donors (Lipinski definition) is 1. The Morgan fingerprint density at radius 1 is 0.536 bits per heavy atom. The summed E-state index contributed by atoms with van der Waals surface area (Å²) in [4.78, 5) is 16.1. The summed E-state index contributed by atoms with van der Waals surface area (Å²) in [5, 5.41) is 6.37. The van der Waals surface area contributed by atoms with Crippen LogP contribution < -0.4 is 5.32 Å². The van der Waals surface area contributed by atoms with Crippen molar-refractivity contribution in [1.29, 1.82) is 0 Å². The van der Waals surface area contributed by atoms with Crippen LogP contribution in [0.4, 0.5) is 0 Å². The summed E-state index contributed by atoms with van der Waals surface area (Å²) < 4.78 is 4.80. The summed E-state index contributed by atoms with van der Waals surface area (Å²) in [5.74, 6) is 0.693. The van der Waals surface area contributed by atoms with Gasteiger partial charge >= 0.3 is 0 Å². The number of aromatic nitrogens is 4. The number of nitrogens with one attached hydrogen (secondary N) is 1. The van der Waals surface area contributed by atoms with Gasteiger partial charge in [-0.25, -0.2) is 15.0 Å². The van der Waals surface area contributed by atoms with Crippen molar-refractivity contribution < 1.29 is 0 Å². The molecule has 1 unspecified atom stereocenters. The average Bonchev–Trinajstić information content (AvgIpc) is 3.80. The second-order valence-corrected chi connectivity index (χ2v) is 14.7. The van der Waals surface area contributed by atoms with Crippen molar-refractivity contribution >= 4 is 45.4 Å². The van der Waals surface area contributed by atoms with Crippen LogP contribution >= 0.6 is 0 Å². The first-order valence-electron chi connectivity index (χ1n) is 19.5. The predicted molar refractivity (Wildman–Crippen MR) is 230 cm³/mol. The molecule has 0 radical (unpaired) electrons. The van der Waals surface area contributed by atoms with Crippen molar-refractivity contribution in [1.82, 2.24) is 24.4 Å². The maximum Gasteiger partial charge on any atom is 0.235 e. The van der Waals surface area contributed by atoms with Crippen LogP contribution in [0.1, 0.15) is 52.8 Å². The van der Waals surface area contributed by atoms with E-state index in [1.165, 1.54) is 38.8 Å². The predicted octanol–water partition coefficient (Wildman–Crippen LogP) is 11.2. The molecule has 6 heteroatoms. The number of rotatable bonds is 6. The minimum absolute atomic E-state index is 0.339. The van der Waals surface area contributed by atoms with Gasteiger partial charge in [0.15, 0.2) is 0 Å². The fourth-order valence-electron chi connectivity index (χ4n) is 8.79. The van der Waals surface area contributed by atoms with E-state index in [2.05, 4.69) is 172 Å². The van der Waals surface area contributed by atoms with Gasteiger partial charge in [0.05, 0.1) is 28.1 Å². The van der Waals surface area contributed by atoms with Crippen LogP contribution in [0.25, 0.3) is 68.1 Å². The third-order valence-electron chi connectivity index (χ3n) is 11.3. The van der Waals surface area contributed by atoms with Crippen molar-refractivity contribution in [3.63, 3.8) is 0 Å². The molecule has 1 atom stereocenters. The van der Waals surface area contributed by atoms with Crippen LogP contribution in [-0.4, -0.2) is 24.8 Å². The van der Waals surface area contributed by atoms with Gasteiger partial charge in [0.1, 0.15) is 0 Å². The highest BCUT2D eigenvalue weighted by Crippen LogP contribution is 2.44. The number of aliphatic imine (C=N–C) groups is 1. The van der Waals surface area contributed by atoms with Crippen molar-refractivity contribution in [2.24, 2.45) is 4.99 Å². The van der Waals surface area contributed by atoms with Gasteiger partial charge in [0, 0.05) is 50.1 Å². The Morgan fingerprint density at radius 3 is 1.68 bits per heavy atom. The standard InChI is InChI=1S/C50H38N6/c1-5-17-33(18-6-1)39-31-40(34-19-7-2-8-20-34)52-49(51-39)55-43-27-15-13-25-37(43)47-45(55)29-30-46-48(47)38-26-14-16-28-44(38)56(46)50-53-41(35-21-9-3-10-22-35)32-42(54-50)36-23-11-4-12-24-36/h1-14,17-26,29-32,49,51H,15-16,27-28H2. The van der Waals surface area contributed by atoms with Gasteiger partial charge in [-0.1, -0.05) is 146 Å². The van der Waals surface area contributed by atoms with E-state index in [1.807, 2.05) is 12.1 Å². The first-order valence-corrected chi connectivity index (χ1v) is 19.5. The Balaban J connectivity index is 1.16. The molecular weight excluding hydrogens is 685 g/mol. The lowest BCUT2D eigenvalue weighted by molar-refractivity contribution is 0.479. The molecular formula is C50H38N6. The Labute approximate surface area is 325 Å². The van der Waals surface area contributed by atoms with Gasteiger partial charge in [-0.2, -0.15) is 0 Å². The number of benzene rings is 5. The monoisotopic (exact) mass is 722 g/mol. The zero-order valence-electron chi connectivity index (χ0n) is 30.8. The molecule has 11 rings (SSSR count). The molecule has 0 bridgehead atoms. The summed E-state index contributed by atoms with van der Waals surface area (Å²) >= 11 is 0. The summed E-state index contributed by atoms with van der Waals surface area (Å²) in [5.41, 5.74) is 15.6. The summed E-state index contributed by atoms with van der Waals surface area (Å²) in [7, 11) is 0. The molecule has 0 spiro atoms. The molecule has 6 nitrogen and oxygen atoms in total. The SMILES string of the molecule is C1=Cc2c(n(-c3nc(-c4ccccc4)cc(-c4ccccc4)n3)c3ccc4c(c5c(n4C4N=C(c6ccccc6)C=C(c6ccccc6)N4)CCC=C5)c23)CC1. The number of fused-ring (bicyclic) bond motifs is 7. The normalized spacial score (nSPS) is 16.0. The summed E-state index contributed by atoms with van der Waals surface area (Å²) in [6.07, 6.45) is 14.9. The van der Waals surface area contributed by atoms with Crippen LogP contribution in [0, 0.1) is 0 Å². The first kappa shape index (κ1) is 32.4. The van der Waals surface area contributed by atoms with Crippen molar-refractivity contribution in [2.75, 3.05) is 0 Å². The van der Waals surface area contributed by atoms with E-state index >= 15 is 0 Å². The Kier molecular flexibility index (Phi) is 7.73. The molecule has 4 heterocycles. The average molecular weight is 723 g/mol. The Bertz CT molecular complexity index is 2860. The molecule has 0 saturated carbocycles. The molecule has 8 aromatic rings. The highest BCUT2D eigenvalue weighted by molar-refractivity contribution is 6.16. The van der Waals surface area contributed by atoms with Crippen LogP contribution in [-0.2, 0) is 12.8 Å². The van der Waals surface area contributed by atoms with E-state index in [0.717, 1.165) is 76.3 Å². The molecule has 1 aliphatic heterocycles. The van der Waals surface area contributed by atoms with E-state index in [0.29, 0.717) is 5.95 Å². The lowest BCUT2D eigenvalue weighted by Gasteiger charge is -2.28. The molecule has 0 amide bonds. The van der Waals surface area contributed by atoms with Gasteiger partial charge in [0.2, 0.25) is 12.2 Å². The minimum Gasteiger partial charge on any atom is -0.346 e. The van der Waals surface area contributed by atoms with Gasteiger partial charge in [-0.15, -0.1) is 0 Å². The maximum atomic E-state index is 5.45. The van der Waals surface area contributed by atoms with Crippen LogP contribution in [0.3, 0.4) is 0 Å². The largest absolute Gasteiger partial charge is 0.346 e. The third kappa shape index (κ3) is 5.36. The molecule has 5 aromatic carbocycles. The van der Waals surface area contributed by atoms with Crippen LogP contribution in [0.2, 0.25) is 0 Å². The van der Waals surface area contributed by atoms with Gasteiger partial charge in [-0.05, 0) is 61.1 Å². The molecule has 3 aromatic heterocycles. The molecule has 3 aliphatic rings. The van der Waals surface area contributed by atoms with Crippen LogP contribution in [0.5, 0.6) is 0 Å². The molecule has 1 N–H and O–H groups in total. The van der Waals surface area contributed by atoms with E-state index in [9.17, 15) is 0 Å². The summed E-state index contributed by atoms with van der Waals surface area (Å²) in [6.45, 7) is 0. The van der Waals surface area contributed by atoms with Crippen molar-refractivity contribution in [3.05, 3.63) is 191 Å². The lowest BCUT2D eigenvalue weighted by atomic mass is 9.96. The fraction of sp³-hybridized carbons (Fsp3) is 0.100. The first-order chi connectivity index (χ1) is 27.8. The quantitative estimate of drug-likeness (QED) is 0.186. The topological polar surface area (TPSA) is 60.0 Å². The lowest BCUT2D eigenvalue weighted by Crippen LogP contribution is -2.30. The number of nitrogens with zero attached hydrogens (tertiary/aromatic N) is 5. The molecule has 0 saturated heterocycles. The van der Waals surface area contributed by atoms with Crippen molar-refractivity contribution in [3.8, 4) is 28.5 Å². The number of hydrogen-bond acceptors (Lipinski definition) is 4. The molecule has 2 aliphatic carbocycles. The Morgan fingerprint density at radius 2 is 1.05 bits per heavy atom. The van der Waals surface area contributed by atoms with E-state index in [1.54, 1.807) is 0 Å². The van der Waals surface area contributed by atoms with Gasteiger partial charge in [-0.3, -0.25) is 4.57 Å². The fourth-order valence-corrected chi connectivity index (χ4v) is 8.79. The zero-order valence-corrected chi connectivity index (χ0v) is 30.8. The highest BCUT2D eigenvalue weighted by atomic mass is 15.3. The van der Waals surface area contributed by atoms with Gasteiger partial charge in [0.25, 0.3) is 0 Å². The van der Waals surface area contributed by atoms with Crippen molar-refractivity contribution in [2.45, 2.75) is 32.0 Å². The van der Waals surface area contributed by atoms with E-state index < -0.39 is 0 Å². The van der Waals surface area contributed by atoms with Gasteiger partial charge < -0.3 is 9.88 Å². The minimum atomic E-state index is -0.339.